The molecule has 0 saturated carbocycles. The average molecular weight is 366 g/mol. The molecule has 0 atom stereocenters. The summed E-state index contributed by atoms with van der Waals surface area (Å²) in [6, 6.07) is 11.1. The number of carbonyl (C=O) groups is 2. The Labute approximate surface area is 148 Å². The second kappa shape index (κ2) is 8.33. The van der Waals surface area contributed by atoms with Gasteiger partial charge in [-0.3, -0.25) is 9.59 Å². The summed E-state index contributed by atoms with van der Waals surface area (Å²) in [5, 5.41) is 16.6. The molecule has 8 heteroatoms. The zero-order valence-corrected chi connectivity index (χ0v) is 13.8. The molecule has 124 valence electrons. The van der Waals surface area contributed by atoms with Gasteiger partial charge < -0.3 is 10.4 Å². The molecule has 0 aliphatic rings. The quantitative estimate of drug-likeness (QED) is 0.431. The van der Waals surface area contributed by atoms with E-state index in [4.69, 9.17) is 23.2 Å². The highest BCUT2D eigenvalue weighted by atomic mass is 35.5. The van der Waals surface area contributed by atoms with Crippen LogP contribution in [0.2, 0.25) is 10.0 Å². The van der Waals surface area contributed by atoms with Crippen LogP contribution in [0, 0.1) is 0 Å². The number of nitrogens with zero attached hydrogens (tertiary/aromatic N) is 1. The fraction of sp³-hybridized carbons (Fsp3) is 0.0625. The third kappa shape index (κ3) is 5.26. The monoisotopic (exact) mass is 365 g/mol. The van der Waals surface area contributed by atoms with Gasteiger partial charge in [0.05, 0.1) is 16.9 Å². The largest absolute Gasteiger partial charge is 0.507 e. The van der Waals surface area contributed by atoms with E-state index >= 15 is 0 Å². The van der Waals surface area contributed by atoms with E-state index in [2.05, 4.69) is 15.8 Å². The van der Waals surface area contributed by atoms with E-state index in [1.165, 1.54) is 24.4 Å². The van der Waals surface area contributed by atoms with E-state index in [1.807, 2.05) is 0 Å². The minimum Gasteiger partial charge on any atom is -0.507 e. The second-order valence-electron chi connectivity index (χ2n) is 4.70. The van der Waals surface area contributed by atoms with E-state index in [1.54, 1.807) is 24.3 Å². The molecule has 2 rings (SSSR count). The van der Waals surface area contributed by atoms with Crippen LogP contribution in [0.1, 0.15) is 12.0 Å². The van der Waals surface area contributed by atoms with Crippen LogP contribution in [-0.2, 0) is 9.59 Å². The molecule has 0 aromatic heterocycles. The maximum Gasteiger partial charge on any atom is 0.249 e. The van der Waals surface area contributed by atoms with Gasteiger partial charge in [0.1, 0.15) is 12.2 Å². The topological polar surface area (TPSA) is 90.8 Å². The van der Waals surface area contributed by atoms with E-state index < -0.39 is 18.2 Å². The lowest BCUT2D eigenvalue weighted by atomic mass is 10.2. The van der Waals surface area contributed by atoms with Gasteiger partial charge in [0, 0.05) is 10.6 Å². The minimum absolute atomic E-state index is 0.0335. The standard InChI is InChI=1S/C16H13Cl2N3O3/c17-11-5-6-14(22)10(7-11)9-19-21-16(24)8-15(23)20-13-4-2-1-3-12(13)18/h1-7,9,22H,8H2,(H,20,23)(H,21,24)/b19-9+. The predicted octanol–water partition coefficient (Wildman–Crippen LogP) is 3.18. The van der Waals surface area contributed by atoms with Crippen molar-refractivity contribution in [1.29, 1.82) is 0 Å². The Hall–Kier alpha value is -2.57. The lowest BCUT2D eigenvalue weighted by Gasteiger charge is -2.06. The van der Waals surface area contributed by atoms with Gasteiger partial charge in [-0.1, -0.05) is 35.3 Å². The Balaban J connectivity index is 1.87. The Kier molecular flexibility index (Phi) is 6.17. The number of anilines is 1. The van der Waals surface area contributed by atoms with E-state index in [0.29, 0.717) is 21.3 Å². The van der Waals surface area contributed by atoms with Crippen molar-refractivity contribution in [3.05, 3.63) is 58.1 Å². The number of aromatic hydroxyl groups is 1. The Morgan fingerprint density at radius 1 is 1.12 bits per heavy atom. The number of carbonyl (C=O) groups excluding carboxylic acids is 2. The Morgan fingerprint density at radius 3 is 2.62 bits per heavy atom. The molecule has 3 N–H and O–H groups in total. The summed E-state index contributed by atoms with van der Waals surface area (Å²) in [5.74, 6) is -1.17. The third-order valence-corrected chi connectivity index (χ3v) is 3.42. The lowest BCUT2D eigenvalue weighted by molar-refractivity contribution is -0.126. The zero-order chi connectivity index (χ0) is 17.5. The van der Waals surface area contributed by atoms with Crippen molar-refractivity contribution in [3.8, 4) is 5.75 Å². The van der Waals surface area contributed by atoms with Gasteiger partial charge in [-0.25, -0.2) is 5.43 Å². The van der Waals surface area contributed by atoms with Crippen molar-refractivity contribution in [3.63, 3.8) is 0 Å². The van der Waals surface area contributed by atoms with Gasteiger partial charge in [-0.15, -0.1) is 0 Å². The molecule has 0 spiro atoms. The Morgan fingerprint density at radius 2 is 1.88 bits per heavy atom. The molecule has 0 heterocycles. The number of rotatable bonds is 5. The molecule has 6 nitrogen and oxygen atoms in total. The van der Waals surface area contributed by atoms with Gasteiger partial charge in [-0.2, -0.15) is 5.10 Å². The smallest absolute Gasteiger partial charge is 0.249 e. The fourth-order valence-electron chi connectivity index (χ4n) is 1.74. The van der Waals surface area contributed by atoms with E-state index in [0.717, 1.165) is 0 Å². The van der Waals surface area contributed by atoms with Gasteiger partial charge in [0.2, 0.25) is 11.8 Å². The molecular weight excluding hydrogens is 353 g/mol. The predicted molar refractivity (Wildman–Crippen MR) is 93.6 cm³/mol. The summed E-state index contributed by atoms with van der Waals surface area (Å²) >= 11 is 11.7. The van der Waals surface area contributed by atoms with Crippen LogP contribution in [-0.4, -0.2) is 23.1 Å². The third-order valence-electron chi connectivity index (χ3n) is 2.85. The van der Waals surface area contributed by atoms with Gasteiger partial charge in [0.15, 0.2) is 0 Å². The molecule has 0 fully saturated rings. The van der Waals surface area contributed by atoms with Gasteiger partial charge >= 0.3 is 0 Å². The maximum atomic E-state index is 11.8. The van der Waals surface area contributed by atoms with Crippen LogP contribution in [0.3, 0.4) is 0 Å². The number of hydrazone groups is 1. The number of para-hydroxylation sites is 1. The average Bonchev–Trinajstić information content (AvgIpc) is 2.53. The van der Waals surface area contributed by atoms with Crippen LogP contribution in [0.5, 0.6) is 5.75 Å². The molecule has 0 saturated heterocycles. The summed E-state index contributed by atoms with van der Waals surface area (Å²) < 4.78 is 0. The number of hydrogen-bond acceptors (Lipinski definition) is 4. The molecular formula is C16H13Cl2N3O3. The molecule has 2 aromatic rings. The number of nitrogens with one attached hydrogen (secondary N) is 2. The number of hydrogen-bond donors (Lipinski definition) is 3. The fourth-order valence-corrected chi connectivity index (χ4v) is 2.11. The van der Waals surface area contributed by atoms with Crippen molar-refractivity contribution in [2.75, 3.05) is 5.32 Å². The first-order chi connectivity index (χ1) is 11.5. The van der Waals surface area contributed by atoms with Crippen molar-refractivity contribution in [2.45, 2.75) is 6.42 Å². The van der Waals surface area contributed by atoms with Crippen LogP contribution in [0.15, 0.2) is 47.6 Å². The number of amides is 2. The summed E-state index contributed by atoms with van der Waals surface area (Å²) in [7, 11) is 0. The summed E-state index contributed by atoms with van der Waals surface area (Å²) in [4.78, 5) is 23.4. The number of phenols is 1. The van der Waals surface area contributed by atoms with Gasteiger partial charge in [-0.05, 0) is 30.3 Å². The molecule has 0 bridgehead atoms. The van der Waals surface area contributed by atoms with Crippen LogP contribution in [0.4, 0.5) is 5.69 Å². The van der Waals surface area contributed by atoms with Crippen molar-refractivity contribution >= 4 is 46.9 Å². The van der Waals surface area contributed by atoms with E-state index in [-0.39, 0.29) is 5.75 Å². The Bertz CT molecular complexity index is 794. The number of benzene rings is 2. The summed E-state index contributed by atoms with van der Waals surface area (Å²) in [6.45, 7) is 0. The number of halogens is 2. The normalized spacial score (nSPS) is 10.6. The molecule has 24 heavy (non-hydrogen) atoms. The SMILES string of the molecule is O=C(CC(=O)Nc1ccccc1Cl)N/N=C/c1cc(Cl)ccc1O. The first-order valence-corrected chi connectivity index (χ1v) is 7.56. The van der Waals surface area contributed by atoms with Crippen LogP contribution in [0.25, 0.3) is 0 Å². The maximum absolute atomic E-state index is 11.8. The van der Waals surface area contributed by atoms with Crippen molar-refractivity contribution in [2.24, 2.45) is 5.10 Å². The second-order valence-corrected chi connectivity index (χ2v) is 5.54. The molecule has 0 radical (unpaired) electrons. The highest BCUT2D eigenvalue weighted by Gasteiger charge is 2.10. The highest BCUT2D eigenvalue weighted by Crippen LogP contribution is 2.20. The molecule has 2 aromatic carbocycles. The molecule has 0 aliphatic carbocycles. The van der Waals surface area contributed by atoms with Gasteiger partial charge in [0.25, 0.3) is 0 Å². The lowest BCUT2D eigenvalue weighted by Crippen LogP contribution is -2.24. The summed E-state index contributed by atoms with van der Waals surface area (Å²) in [6.07, 6.45) is 0.801. The molecule has 0 aliphatic heterocycles. The first kappa shape index (κ1) is 17.8. The molecule has 0 unspecified atom stereocenters. The highest BCUT2D eigenvalue weighted by molar-refractivity contribution is 6.33. The van der Waals surface area contributed by atoms with Crippen LogP contribution < -0.4 is 10.7 Å². The van der Waals surface area contributed by atoms with Crippen LogP contribution >= 0.6 is 23.2 Å². The molecule has 2 amide bonds. The van der Waals surface area contributed by atoms with Crippen molar-refractivity contribution in [1.82, 2.24) is 5.43 Å². The number of phenolic OH excluding ortho intramolecular Hbond substituents is 1. The zero-order valence-electron chi connectivity index (χ0n) is 12.3. The minimum atomic E-state index is -0.614. The first-order valence-electron chi connectivity index (χ1n) is 6.80. The van der Waals surface area contributed by atoms with Crippen molar-refractivity contribution < 1.29 is 14.7 Å². The van der Waals surface area contributed by atoms with E-state index in [9.17, 15) is 14.7 Å². The summed E-state index contributed by atoms with van der Waals surface area (Å²) in [5.41, 5.74) is 2.95.